The van der Waals surface area contributed by atoms with Gasteiger partial charge in [0.25, 0.3) is 0 Å². The fraction of sp³-hybridized carbons (Fsp3) is 0.174. The zero-order valence-electron chi connectivity index (χ0n) is 17.3. The Bertz CT molecular complexity index is 1230. The first-order chi connectivity index (χ1) is 15.5. The lowest BCUT2D eigenvalue weighted by Crippen LogP contribution is -2.46. The topological polar surface area (TPSA) is 116 Å². The van der Waals surface area contributed by atoms with Gasteiger partial charge < -0.3 is 25.5 Å². The Labute approximate surface area is 188 Å². The molecule has 4 aromatic rings. The van der Waals surface area contributed by atoms with Crippen LogP contribution in [0.3, 0.4) is 0 Å². The molecule has 164 valence electrons. The van der Waals surface area contributed by atoms with Gasteiger partial charge in [-0.25, -0.2) is 14.6 Å². The number of benzene rings is 2. The molecule has 32 heavy (non-hydrogen) atoms. The minimum absolute atomic E-state index is 0.172. The highest BCUT2D eigenvalue weighted by atomic mass is 32.1. The standard InChI is InChI=1S/C23H22N4O4S/c1-31-17-8-6-14(7-9-17)21-26-16(13-32-21)12-25-23(30)27-20(22(28)29)10-15-11-24-19-5-3-2-4-18(15)19/h2-9,11,13,20,24H,10,12H2,1H3,(H,28,29)(H2,25,27,30). The molecule has 0 fully saturated rings. The van der Waals surface area contributed by atoms with Crippen molar-refractivity contribution < 1.29 is 19.4 Å². The number of aromatic amines is 1. The molecule has 2 heterocycles. The lowest BCUT2D eigenvalue weighted by atomic mass is 10.1. The maximum Gasteiger partial charge on any atom is 0.326 e. The van der Waals surface area contributed by atoms with E-state index in [0.717, 1.165) is 32.8 Å². The highest BCUT2D eigenvalue weighted by molar-refractivity contribution is 7.13. The number of para-hydroxylation sites is 1. The van der Waals surface area contributed by atoms with Crippen LogP contribution < -0.4 is 15.4 Å². The quantitative estimate of drug-likeness (QED) is 0.326. The first-order valence-corrected chi connectivity index (χ1v) is 10.8. The molecule has 0 aliphatic heterocycles. The van der Waals surface area contributed by atoms with E-state index in [9.17, 15) is 14.7 Å². The van der Waals surface area contributed by atoms with Crippen molar-refractivity contribution in [3.8, 4) is 16.3 Å². The molecule has 4 N–H and O–H groups in total. The van der Waals surface area contributed by atoms with E-state index >= 15 is 0 Å². The zero-order chi connectivity index (χ0) is 22.5. The van der Waals surface area contributed by atoms with Gasteiger partial charge >= 0.3 is 12.0 Å². The first kappa shape index (κ1) is 21.4. The van der Waals surface area contributed by atoms with E-state index < -0.39 is 18.0 Å². The van der Waals surface area contributed by atoms with Crippen LogP contribution in [0.5, 0.6) is 5.75 Å². The van der Waals surface area contributed by atoms with E-state index in [1.54, 1.807) is 13.3 Å². The average Bonchev–Trinajstić information content (AvgIpc) is 3.45. The number of nitrogens with zero attached hydrogens (tertiary/aromatic N) is 1. The number of carboxylic acids is 1. The van der Waals surface area contributed by atoms with Gasteiger partial charge in [0.1, 0.15) is 16.8 Å². The predicted molar refractivity (Wildman–Crippen MR) is 123 cm³/mol. The van der Waals surface area contributed by atoms with Crippen LogP contribution >= 0.6 is 11.3 Å². The number of rotatable bonds is 8. The number of methoxy groups -OCH3 is 1. The number of hydrogen-bond donors (Lipinski definition) is 4. The lowest BCUT2D eigenvalue weighted by Gasteiger charge is -2.14. The van der Waals surface area contributed by atoms with Gasteiger partial charge in [-0.3, -0.25) is 0 Å². The van der Waals surface area contributed by atoms with Gasteiger partial charge in [-0.05, 0) is 35.9 Å². The van der Waals surface area contributed by atoms with Crippen LogP contribution in [0.2, 0.25) is 0 Å². The molecule has 4 rings (SSSR count). The van der Waals surface area contributed by atoms with Crippen molar-refractivity contribution in [2.75, 3.05) is 7.11 Å². The number of fused-ring (bicyclic) bond motifs is 1. The Morgan fingerprint density at radius 3 is 2.72 bits per heavy atom. The molecule has 2 aromatic carbocycles. The molecule has 0 bridgehead atoms. The summed E-state index contributed by atoms with van der Waals surface area (Å²) in [5.41, 5.74) is 3.40. The second-order valence-electron chi connectivity index (χ2n) is 7.15. The average molecular weight is 451 g/mol. The third-order valence-electron chi connectivity index (χ3n) is 5.02. The summed E-state index contributed by atoms with van der Waals surface area (Å²) in [6.07, 6.45) is 1.95. The summed E-state index contributed by atoms with van der Waals surface area (Å²) in [4.78, 5) is 31.7. The van der Waals surface area contributed by atoms with Crippen LogP contribution in [0.25, 0.3) is 21.5 Å². The Hall–Kier alpha value is -3.85. The van der Waals surface area contributed by atoms with E-state index in [-0.39, 0.29) is 13.0 Å². The number of carbonyl (C=O) groups excluding carboxylic acids is 1. The normalized spacial score (nSPS) is 11.8. The molecule has 9 heteroatoms. The SMILES string of the molecule is COc1ccc(-c2nc(CNC(=O)NC(Cc3c[nH]c4ccccc34)C(=O)O)cs2)cc1. The van der Waals surface area contributed by atoms with E-state index in [4.69, 9.17) is 4.74 Å². The molecular weight excluding hydrogens is 428 g/mol. The number of thiazole rings is 1. The first-order valence-electron chi connectivity index (χ1n) is 9.94. The molecule has 8 nitrogen and oxygen atoms in total. The highest BCUT2D eigenvalue weighted by Gasteiger charge is 2.22. The number of ether oxygens (including phenoxy) is 1. The number of hydrogen-bond acceptors (Lipinski definition) is 5. The number of amides is 2. The maximum atomic E-state index is 12.3. The number of nitrogens with one attached hydrogen (secondary N) is 3. The van der Waals surface area contributed by atoms with E-state index in [1.807, 2.05) is 53.9 Å². The second-order valence-corrected chi connectivity index (χ2v) is 8.01. The summed E-state index contributed by atoms with van der Waals surface area (Å²) < 4.78 is 5.16. The van der Waals surface area contributed by atoms with Crippen LogP contribution in [-0.2, 0) is 17.8 Å². The van der Waals surface area contributed by atoms with Crippen molar-refractivity contribution in [3.63, 3.8) is 0 Å². The van der Waals surface area contributed by atoms with Gasteiger partial charge in [-0.2, -0.15) is 0 Å². The summed E-state index contributed by atoms with van der Waals surface area (Å²) in [6.45, 7) is 0.192. The van der Waals surface area contributed by atoms with Crippen LogP contribution in [0.15, 0.2) is 60.1 Å². The largest absolute Gasteiger partial charge is 0.497 e. The number of aliphatic carboxylic acids is 1. The smallest absolute Gasteiger partial charge is 0.326 e. The van der Waals surface area contributed by atoms with Crippen LogP contribution in [0.1, 0.15) is 11.3 Å². The van der Waals surface area contributed by atoms with Crippen molar-refractivity contribution >= 4 is 34.2 Å². The van der Waals surface area contributed by atoms with Crippen molar-refractivity contribution in [3.05, 3.63) is 71.4 Å². The maximum absolute atomic E-state index is 12.3. The van der Waals surface area contributed by atoms with Crippen molar-refractivity contribution in [1.82, 2.24) is 20.6 Å². The van der Waals surface area contributed by atoms with Crippen LogP contribution in [-0.4, -0.2) is 40.2 Å². The molecular formula is C23H22N4O4S. The molecule has 2 aromatic heterocycles. The van der Waals surface area contributed by atoms with E-state index in [1.165, 1.54) is 11.3 Å². The van der Waals surface area contributed by atoms with Gasteiger partial charge in [0, 0.05) is 34.5 Å². The van der Waals surface area contributed by atoms with Crippen molar-refractivity contribution in [2.24, 2.45) is 0 Å². The third kappa shape index (κ3) is 4.89. The van der Waals surface area contributed by atoms with Gasteiger partial charge in [0.2, 0.25) is 0 Å². The molecule has 0 aliphatic rings. The number of H-pyrrole nitrogens is 1. The van der Waals surface area contributed by atoms with Crippen molar-refractivity contribution in [1.29, 1.82) is 0 Å². The molecule has 0 aliphatic carbocycles. The second kappa shape index (κ2) is 9.52. The van der Waals surface area contributed by atoms with Gasteiger partial charge in [0.05, 0.1) is 19.3 Å². The molecule has 1 atom stereocenters. The zero-order valence-corrected chi connectivity index (χ0v) is 18.1. The molecule has 0 saturated carbocycles. The number of urea groups is 1. The third-order valence-corrected chi connectivity index (χ3v) is 5.96. The van der Waals surface area contributed by atoms with E-state index in [0.29, 0.717) is 5.69 Å². The van der Waals surface area contributed by atoms with E-state index in [2.05, 4.69) is 20.6 Å². The summed E-state index contributed by atoms with van der Waals surface area (Å²) in [5.74, 6) is -0.328. The highest BCUT2D eigenvalue weighted by Crippen LogP contribution is 2.25. The van der Waals surface area contributed by atoms with Crippen molar-refractivity contribution in [2.45, 2.75) is 19.0 Å². The molecule has 0 spiro atoms. The number of aromatic nitrogens is 2. The lowest BCUT2D eigenvalue weighted by molar-refractivity contribution is -0.139. The predicted octanol–water partition coefficient (Wildman–Crippen LogP) is 3.80. The summed E-state index contributed by atoms with van der Waals surface area (Å²) in [7, 11) is 1.61. The van der Waals surface area contributed by atoms with Gasteiger partial charge in [-0.15, -0.1) is 11.3 Å². The Morgan fingerprint density at radius 2 is 1.97 bits per heavy atom. The molecule has 1 unspecified atom stereocenters. The summed E-state index contributed by atoms with van der Waals surface area (Å²) >= 11 is 1.47. The minimum atomic E-state index is -1.10. The molecule has 0 saturated heterocycles. The Morgan fingerprint density at radius 1 is 1.19 bits per heavy atom. The number of carbonyl (C=O) groups is 2. The fourth-order valence-electron chi connectivity index (χ4n) is 3.35. The minimum Gasteiger partial charge on any atom is -0.497 e. The Kier molecular flexibility index (Phi) is 6.37. The monoisotopic (exact) mass is 450 g/mol. The fourth-order valence-corrected chi connectivity index (χ4v) is 4.18. The summed E-state index contributed by atoms with van der Waals surface area (Å²) in [5, 5.41) is 18.4. The van der Waals surface area contributed by atoms with Crippen LogP contribution in [0.4, 0.5) is 4.79 Å². The van der Waals surface area contributed by atoms with Gasteiger partial charge in [0.15, 0.2) is 0 Å². The van der Waals surface area contributed by atoms with Gasteiger partial charge in [-0.1, -0.05) is 18.2 Å². The number of carboxylic acid groups (broad SMARTS) is 1. The molecule has 0 radical (unpaired) electrons. The van der Waals surface area contributed by atoms with Crippen LogP contribution in [0, 0.1) is 0 Å². The Balaban J connectivity index is 1.35. The summed E-state index contributed by atoms with van der Waals surface area (Å²) in [6, 6.07) is 13.6. The molecule has 2 amide bonds.